The van der Waals surface area contributed by atoms with Crippen molar-refractivity contribution in [2.24, 2.45) is 23.5 Å². The Morgan fingerprint density at radius 2 is 0.923 bits per heavy atom. The zero-order valence-electron chi connectivity index (χ0n) is 30.6. The molecule has 0 aliphatic heterocycles. The fourth-order valence-electron chi connectivity index (χ4n) is 4.78. The van der Waals surface area contributed by atoms with Crippen molar-refractivity contribution in [2.45, 2.75) is 123 Å². The summed E-state index contributed by atoms with van der Waals surface area (Å²) in [6.07, 6.45) is -2.97. The largest absolute Gasteiger partial charge is 0.481 e. The van der Waals surface area contributed by atoms with Gasteiger partial charge in [0, 0.05) is 0 Å². The first-order chi connectivity index (χ1) is 23.9. The number of carbonyl (C=O) groups excluding carboxylic acids is 6. The highest BCUT2D eigenvalue weighted by Gasteiger charge is 2.34. The molecule has 0 unspecified atom stereocenters. The summed E-state index contributed by atoms with van der Waals surface area (Å²) in [5.41, 5.74) is 5.89. The van der Waals surface area contributed by atoms with E-state index >= 15 is 0 Å². The number of hydrogen-bond donors (Lipinski definition) is 11. The number of hydrogen-bond acceptors (Lipinski definition) is 11. The van der Waals surface area contributed by atoms with E-state index in [9.17, 15) is 53.4 Å². The summed E-state index contributed by atoms with van der Waals surface area (Å²) >= 11 is 0. The summed E-state index contributed by atoms with van der Waals surface area (Å²) in [4.78, 5) is 111. The van der Waals surface area contributed by atoms with Crippen molar-refractivity contribution >= 4 is 53.4 Å². The average Bonchev–Trinajstić information content (AvgIpc) is 2.99. The summed E-state index contributed by atoms with van der Waals surface area (Å²) in [5, 5.41) is 51.3. The van der Waals surface area contributed by atoms with Crippen molar-refractivity contribution < 1.29 is 63.6 Å². The molecule has 0 aromatic heterocycles. The predicted octanol–water partition coefficient (Wildman–Crippen LogP) is -2.59. The number of amides is 6. The monoisotopic (exact) mass is 745 g/mol. The molecule has 0 spiro atoms. The standard InChI is InChI=1S/C32H55N7O13/c1-14(2)8-18(33)27(46)36-21(11-24(42)43)29(48)37-19(9-15(3)4)28(47)38-20(10-16(5)6)30(49)39-26(17(7)40)31(50)34-13-23(41)35-22(32(51)52)12-25(44)45/h14-22,26,40H,8-13,33H2,1-7H3,(H,34,50)(H,35,41)(H,36,46)(H,37,48)(H,38,47)(H,39,49)(H,42,43)(H,44,45)(H,51,52)/t17-,18+,19+,20+,21+,22+,26+/m1/s1. The van der Waals surface area contributed by atoms with Gasteiger partial charge in [0.2, 0.25) is 35.4 Å². The molecule has 0 radical (unpaired) electrons. The van der Waals surface area contributed by atoms with Crippen LogP contribution in [0.5, 0.6) is 0 Å². The minimum Gasteiger partial charge on any atom is -0.481 e. The van der Waals surface area contributed by atoms with Gasteiger partial charge in [-0.3, -0.25) is 38.4 Å². The van der Waals surface area contributed by atoms with Crippen LogP contribution in [0.3, 0.4) is 0 Å². The van der Waals surface area contributed by atoms with Crippen LogP contribution in [0.2, 0.25) is 0 Å². The third-order valence-corrected chi connectivity index (χ3v) is 7.25. The van der Waals surface area contributed by atoms with Crippen LogP contribution in [0.1, 0.15) is 80.6 Å². The van der Waals surface area contributed by atoms with Crippen molar-refractivity contribution in [2.75, 3.05) is 6.54 Å². The highest BCUT2D eigenvalue weighted by Crippen LogP contribution is 2.11. The molecular weight excluding hydrogens is 690 g/mol. The number of aliphatic hydroxyl groups excluding tert-OH is 1. The first-order valence-corrected chi connectivity index (χ1v) is 16.8. The van der Waals surface area contributed by atoms with Gasteiger partial charge < -0.3 is 58.1 Å². The number of nitrogens with two attached hydrogens (primary N) is 1. The van der Waals surface area contributed by atoms with E-state index in [1.807, 2.05) is 19.2 Å². The van der Waals surface area contributed by atoms with Gasteiger partial charge in [-0.25, -0.2) is 4.79 Å². The Labute approximate surface area is 301 Å². The van der Waals surface area contributed by atoms with E-state index in [1.54, 1.807) is 27.7 Å². The molecule has 20 heteroatoms. The van der Waals surface area contributed by atoms with Crippen molar-refractivity contribution in [1.29, 1.82) is 0 Å². The Morgan fingerprint density at radius 3 is 1.33 bits per heavy atom. The second-order valence-corrected chi connectivity index (χ2v) is 13.8. The molecule has 0 aliphatic carbocycles. The minimum atomic E-state index is -1.78. The highest BCUT2D eigenvalue weighted by molar-refractivity contribution is 5.97. The smallest absolute Gasteiger partial charge is 0.326 e. The Kier molecular flexibility index (Phi) is 20.7. The molecule has 20 nitrogen and oxygen atoms in total. The van der Waals surface area contributed by atoms with Crippen molar-refractivity contribution in [1.82, 2.24) is 31.9 Å². The number of aliphatic hydroxyl groups is 1. The van der Waals surface area contributed by atoms with E-state index in [4.69, 9.17) is 15.9 Å². The topological polar surface area (TPSA) is 333 Å². The number of carboxylic acid groups (broad SMARTS) is 3. The van der Waals surface area contributed by atoms with E-state index < -0.39 is 115 Å². The molecule has 7 atom stereocenters. The molecule has 0 fully saturated rings. The van der Waals surface area contributed by atoms with E-state index in [-0.39, 0.29) is 37.0 Å². The van der Waals surface area contributed by atoms with Crippen LogP contribution >= 0.6 is 0 Å². The van der Waals surface area contributed by atoms with E-state index in [1.165, 1.54) is 0 Å². The molecule has 6 amide bonds. The van der Waals surface area contributed by atoms with Crippen LogP contribution in [-0.2, 0) is 43.2 Å². The van der Waals surface area contributed by atoms with Gasteiger partial charge in [0.25, 0.3) is 0 Å². The third-order valence-electron chi connectivity index (χ3n) is 7.25. The molecule has 0 bridgehead atoms. The molecular formula is C32H55N7O13. The van der Waals surface area contributed by atoms with Gasteiger partial charge in [-0.15, -0.1) is 0 Å². The molecule has 0 heterocycles. The molecule has 12 N–H and O–H groups in total. The van der Waals surface area contributed by atoms with Crippen LogP contribution < -0.4 is 37.6 Å². The molecule has 296 valence electrons. The Bertz CT molecular complexity index is 1290. The summed E-state index contributed by atoms with van der Waals surface area (Å²) in [7, 11) is 0. The van der Waals surface area contributed by atoms with E-state index in [2.05, 4.69) is 26.6 Å². The molecule has 0 saturated heterocycles. The summed E-state index contributed by atoms with van der Waals surface area (Å²) in [6.45, 7) is 10.9. The normalized spacial score (nSPS) is 15.2. The molecule has 0 saturated carbocycles. The van der Waals surface area contributed by atoms with Gasteiger partial charge in [0.15, 0.2) is 0 Å². The van der Waals surface area contributed by atoms with Crippen molar-refractivity contribution in [3.05, 3.63) is 0 Å². The zero-order chi connectivity index (χ0) is 40.5. The highest BCUT2D eigenvalue weighted by atomic mass is 16.4. The van der Waals surface area contributed by atoms with Crippen LogP contribution in [-0.4, -0.2) is 123 Å². The van der Waals surface area contributed by atoms with Gasteiger partial charge in [-0.1, -0.05) is 41.5 Å². The fraction of sp³-hybridized carbons (Fsp3) is 0.719. The first kappa shape index (κ1) is 47.1. The molecule has 0 aromatic carbocycles. The number of aliphatic carboxylic acids is 3. The Balaban J connectivity index is 5.95. The van der Waals surface area contributed by atoms with Gasteiger partial charge >= 0.3 is 17.9 Å². The van der Waals surface area contributed by atoms with Gasteiger partial charge in [0.05, 0.1) is 31.5 Å². The molecule has 0 rings (SSSR count). The van der Waals surface area contributed by atoms with E-state index in [0.717, 1.165) is 6.92 Å². The zero-order valence-corrected chi connectivity index (χ0v) is 30.6. The predicted molar refractivity (Wildman–Crippen MR) is 183 cm³/mol. The average molecular weight is 746 g/mol. The first-order valence-electron chi connectivity index (χ1n) is 16.8. The summed E-state index contributed by atoms with van der Waals surface area (Å²) < 4.78 is 0. The van der Waals surface area contributed by atoms with Gasteiger partial charge in [0.1, 0.15) is 30.2 Å². The molecule has 0 aliphatic rings. The van der Waals surface area contributed by atoms with Crippen LogP contribution in [0.15, 0.2) is 0 Å². The lowest BCUT2D eigenvalue weighted by Gasteiger charge is -2.28. The number of carbonyl (C=O) groups is 9. The molecule has 52 heavy (non-hydrogen) atoms. The Hall–Kier alpha value is -4.85. The van der Waals surface area contributed by atoms with Crippen molar-refractivity contribution in [3.8, 4) is 0 Å². The number of carboxylic acids is 3. The maximum atomic E-state index is 13.6. The molecule has 0 aromatic rings. The second kappa shape index (κ2) is 22.9. The SMILES string of the molecule is CC(C)C[C@H](NC(=O)[C@H](CC(=O)O)NC(=O)[C@@H](N)CC(C)C)C(=O)N[C@@H](CC(C)C)C(=O)N[C@H](C(=O)NCC(=O)N[C@@H](CC(=O)O)C(=O)O)[C@@H](C)O. The van der Waals surface area contributed by atoms with Crippen LogP contribution in [0, 0.1) is 17.8 Å². The Morgan fingerprint density at radius 1 is 0.519 bits per heavy atom. The quantitative estimate of drug-likeness (QED) is 0.0483. The number of rotatable bonds is 24. The van der Waals surface area contributed by atoms with E-state index in [0.29, 0.717) is 0 Å². The summed E-state index contributed by atoms with van der Waals surface area (Å²) in [6, 6.07) is -8.69. The fourth-order valence-corrected chi connectivity index (χ4v) is 4.78. The maximum Gasteiger partial charge on any atom is 0.326 e. The maximum absolute atomic E-state index is 13.6. The number of nitrogens with one attached hydrogen (secondary N) is 6. The third kappa shape index (κ3) is 18.9. The second-order valence-electron chi connectivity index (χ2n) is 13.8. The van der Waals surface area contributed by atoms with Gasteiger partial charge in [-0.05, 0) is 43.9 Å². The minimum absolute atomic E-state index is 0.0159. The lowest BCUT2D eigenvalue weighted by Crippen LogP contribution is -2.60. The van der Waals surface area contributed by atoms with Crippen molar-refractivity contribution in [3.63, 3.8) is 0 Å². The van der Waals surface area contributed by atoms with Gasteiger partial charge in [-0.2, -0.15) is 0 Å². The lowest BCUT2D eigenvalue weighted by molar-refractivity contribution is -0.147. The summed E-state index contributed by atoms with van der Waals surface area (Å²) in [5.74, 6) is -10.5. The lowest BCUT2D eigenvalue weighted by atomic mass is 9.99. The van der Waals surface area contributed by atoms with Crippen LogP contribution in [0.25, 0.3) is 0 Å². The van der Waals surface area contributed by atoms with Crippen LogP contribution in [0.4, 0.5) is 0 Å².